The Kier molecular flexibility index (Phi) is 2.83. The summed E-state index contributed by atoms with van der Waals surface area (Å²) in [5, 5.41) is 12.8. The van der Waals surface area contributed by atoms with Gasteiger partial charge in [-0.05, 0) is 18.2 Å². The number of nitrogens with zero attached hydrogens (tertiary/aromatic N) is 2. The number of methoxy groups -OCH3 is 1. The summed E-state index contributed by atoms with van der Waals surface area (Å²) in [5.41, 5.74) is 1.43. The van der Waals surface area contributed by atoms with Crippen molar-refractivity contribution in [1.29, 1.82) is 0 Å². The van der Waals surface area contributed by atoms with Gasteiger partial charge >= 0.3 is 0 Å². The number of ether oxygens (including phenoxy) is 1. The van der Waals surface area contributed by atoms with Crippen LogP contribution in [0.25, 0.3) is 21.8 Å². The van der Waals surface area contributed by atoms with Gasteiger partial charge in [0.2, 0.25) is 0 Å². The van der Waals surface area contributed by atoms with E-state index in [4.69, 9.17) is 9.94 Å². The highest BCUT2D eigenvalue weighted by atomic mass is 16.5. The number of benzene rings is 1. The van der Waals surface area contributed by atoms with Crippen LogP contribution in [0.15, 0.2) is 40.4 Å². The van der Waals surface area contributed by atoms with E-state index in [9.17, 15) is 4.79 Å². The van der Waals surface area contributed by atoms with E-state index in [2.05, 4.69) is 15.1 Å². The Hall–Kier alpha value is -2.89. The van der Waals surface area contributed by atoms with Gasteiger partial charge in [0.05, 0.1) is 35.4 Å². The first-order chi connectivity index (χ1) is 9.74. The molecule has 6 heteroatoms. The summed E-state index contributed by atoms with van der Waals surface area (Å²) < 4.78 is 5.31. The van der Waals surface area contributed by atoms with Crippen LogP contribution in [0.5, 0.6) is 5.75 Å². The van der Waals surface area contributed by atoms with Crippen molar-refractivity contribution in [3.63, 3.8) is 0 Å². The predicted molar refractivity (Wildman–Crippen MR) is 75.8 cm³/mol. The Balaban J connectivity index is 2.53. The first-order valence-electron chi connectivity index (χ1n) is 5.91. The zero-order chi connectivity index (χ0) is 14.1. The molecule has 0 fully saturated rings. The van der Waals surface area contributed by atoms with E-state index in [1.165, 1.54) is 12.3 Å². The van der Waals surface area contributed by atoms with E-state index in [-0.39, 0.29) is 5.43 Å². The van der Waals surface area contributed by atoms with Crippen LogP contribution in [0, 0.1) is 0 Å². The Morgan fingerprint density at radius 3 is 3.00 bits per heavy atom. The van der Waals surface area contributed by atoms with Gasteiger partial charge in [-0.25, -0.2) is 0 Å². The van der Waals surface area contributed by atoms with Crippen LogP contribution in [0.1, 0.15) is 5.69 Å². The topological polar surface area (TPSA) is 87.6 Å². The Labute approximate surface area is 113 Å². The average molecular weight is 269 g/mol. The van der Waals surface area contributed by atoms with Crippen molar-refractivity contribution in [3.8, 4) is 5.75 Å². The third-order valence-electron chi connectivity index (χ3n) is 3.09. The Bertz CT molecular complexity index is 884. The molecule has 3 aromatic rings. The minimum absolute atomic E-state index is 0.195. The highest BCUT2D eigenvalue weighted by molar-refractivity contribution is 6.06. The molecule has 0 aliphatic heterocycles. The van der Waals surface area contributed by atoms with E-state index >= 15 is 0 Å². The fourth-order valence-corrected chi connectivity index (χ4v) is 2.23. The second kappa shape index (κ2) is 4.65. The van der Waals surface area contributed by atoms with Gasteiger partial charge in [0.1, 0.15) is 5.75 Å². The molecule has 2 N–H and O–H groups in total. The van der Waals surface area contributed by atoms with Crippen LogP contribution < -0.4 is 10.2 Å². The largest absolute Gasteiger partial charge is 0.496 e. The zero-order valence-electron chi connectivity index (χ0n) is 10.6. The van der Waals surface area contributed by atoms with Crippen LogP contribution in [-0.4, -0.2) is 28.5 Å². The molecule has 6 nitrogen and oxygen atoms in total. The molecule has 0 saturated carbocycles. The molecule has 0 spiro atoms. The molecule has 0 saturated heterocycles. The molecule has 2 aromatic heterocycles. The summed E-state index contributed by atoms with van der Waals surface area (Å²) in [5.74, 6) is 0.592. The lowest BCUT2D eigenvalue weighted by Gasteiger charge is -2.08. The molecular formula is C14H11N3O3. The first kappa shape index (κ1) is 12.2. The minimum Gasteiger partial charge on any atom is -0.496 e. The lowest BCUT2D eigenvalue weighted by atomic mass is 10.1. The second-order valence-electron chi connectivity index (χ2n) is 4.23. The number of nitrogens with one attached hydrogen (secondary N) is 1. The van der Waals surface area contributed by atoms with Crippen LogP contribution in [-0.2, 0) is 0 Å². The predicted octanol–water partition coefficient (Wildman–Crippen LogP) is 1.89. The normalized spacial score (nSPS) is 11.4. The van der Waals surface area contributed by atoms with E-state index in [0.29, 0.717) is 27.9 Å². The van der Waals surface area contributed by atoms with Crippen LogP contribution in [0.2, 0.25) is 0 Å². The van der Waals surface area contributed by atoms with Gasteiger partial charge in [-0.2, -0.15) is 0 Å². The highest BCUT2D eigenvalue weighted by Gasteiger charge is 2.11. The van der Waals surface area contributed by atoms with Gasteiger partial charge in [0, 0.05) is 17.6 Å². The van der Waals surface area contributed by atoms with Crippen molar-refractivity contribution in [1.82, 2.24) is 9.97 Å². The summed E-state index contributed by atoms with van der Waals surface area (Å²) in [6.07, 6.45) is 2.81. The summed E-state index contributed by atoms with van der Waals surface area (Å²) in [6, 6.07) is 6.70. The smallest absolute Gasteiger partial charge is 0.190 e. The lowest BCUT2D eigenvalue weighted by molar-refractivity contribution is 0.321. The van der Waals surface area contributed by atoms with Gasteiger partial charge in [0.25, 0.3) is 0 Å². The summed E-state index contributed by atoms with van der Waals surface area (Å²) >= 11 is 0. The van der Waals surface area contributed by atoms with Crippen molar-refractivity contribution >= 4 is 28.0 Å². The molecule has 0 unspecified atom stereocenters. The first-order valence-corrected chi connectivity index (χ1v) is 5.91. The molecule has 20 heavy (non-hydrogen) atoms. The van der Waals surface area contributed by atoms with E-state index < -0.39 is 0 Å². The number of fused-ring (bicyclic) bond motifs is 3. The fourth-order valence-electron chi connectivity index (χ4n) is 2.23. The molecule has 0 aliphatic rings. The Morgan fingerprint density at radius 1 is 1.40 bits per heavy atom. The number of H-pyrrole nitrogens is 1. The van der Waals surface area contributed by atoms with Gasteiger partial charge in [-0.15, -0.1) is 0 Å². The maximum absolute atomic E-state index is 12.1. The average Bonchev–Trinajstić information content (AvgIpc) is 2.47. The molecule has 100 valence electrons. The molecule has 0 aliphatic carbocycles. The fraction of sp³-hybridized carbons (Fsp3) is 0.0714. The highest BCUT2D eigenvalue weighted by Crippen LogP contribution is 2.29. The molecule has 0 radical (unpaired) electrons. The number of aromatic nitrogens is 2. The van der Waals surface area contributed by atoms with Crippen molar-refractivity contribution in [2.45, 2.75) is 0 Å². The Morgan fingerprint density at radius 2 is 2.25 bits per heavy atom. The molecule has 3 rings (SSSR count). The lowest BCUT2D eigenvalue weighted by Crippen LogP contribution is -2.06. The molecule has 1 aromatic carbocycles. The SMILES string of the molecule is COc1cc2c(=O)cc(/C=N/O)[nH]c2c2ncccc12. The zero-order valence-corrected chi connectivity index (χ0v) is 10.6. The molecule has 0 bridgehead atoms. The molecular weight excluding hydrogens is 258 g/mol. The van der Waals surface area contributed by atoms with Gasteiger partial charge in [-0.1, -0.05) is 5.16 Å². The quantitative estimate of drug-likeness (QED) is 0.322. The number of rotatable bonds is 2. The standard InChI is InChI=1S/C14H11N3O3/c1-20-12-6-10-11(18)5-8(7-16-19)17-14(10)13-9(12)3-2-4-15-13/h2-7,19H,1H3,(H,17,18)/b16-7+. The second-order valence-corrected chi connectivity index (χ2v) is 4.23. The summed E-state index contributed by atoms with van der Waals surface area (Å²) in [6.45, 7) is 0. The number of oxime groups is 1. The van der Waals surface area contributed by atoms with Crippen molar-refractivity contribution in [3.05, 3.63) is 46.4 Å². The summed E-state index contributed by atoms with van der Waals surface area (Å²) in [7, 11) is 1.55. The number of aromatic amines is 1. The van der Waals surface area contributed by atoms with Gasteiger partial charge < -0.3 is 14.9 Å². The number of hydrogen-bond donors (Lipinski definition) is 2. The summed E-state index contributed by atoms with van der Waals surface area (Å²) in [4.78, 5) is 19.5. The maximum atomic E-state index is 12.1. The van der Waals surface area contributed by atoms with Crippen LogP contribution in [0.4, 0.5) is 0 Å². The van der Waals surface area contributed by atoms with Crippen molar-refractivity contribution in [2.75, 3.05) is 7.11 Å². The minimum atomic E-state index is -0.195. The number of pyridine rings is 2. The van der Waals surface area contributed by atoms with E-state index in [1.807, 2.05) is 6.07 Å². The molecule has 0 atom stereocenters. The van der Waals surface area contributed by atoms with Crippen LogP contribution >= 0.6 is 0 Å². The van der Waals surface area contributed by atoms with E-state index in [0.717, 1.165) is 5.39 Å². The van der Waals surface area contributed by atoms with Gasteiger partial charge in [-0.3, -0.25) is 9.78 Å². The number of hydrogen-bond acceptors (Lipinski definition) is 5. The third-order valence-corrected chi connectivity index (χ3v) is 3.09. The maximum Gasteiger partial charge on any atom is 0.190 e. The van der Waals surface area contributed by atoms with Gasteiger partial charge in [0.15, 0.2) is 5.43 Å². The monoisotopic (exact) mass is 269 g/mol. The van der Waals surface area contributed by atoms with Crippen molar-refractivity contribution < 1.29 is 9.94 Å². The van der Waals surface area contributed by atoms with Crippen molar-refractivity contribution in [2.24, 2.45) is 5.16 Å². The third kappa shape index (κ3) is 1.78. The van der Waals surface area contributed by atoms with Crippen LogP contribution in [0.3, 0.4) is 0 Å². The molecule has 2 heterocycles. The molecule has 0 amide bonds. The van der Waals surface area contributed by atoms with E-state index in [1.54, 1.807) is 25.4 Å².